The molecule has 1 rings (SSSR count). The van der Waals surface area contributed by atoms with Crippen molar-refractivity contribution in [2.45, 2.75) is 27.2 Å². The van der Waals surface area contributed by atoms with Gasteiger partial charge in [-0.2, -0.15) is 0 Å². The fourth-order valence-electron chi connectivity index (χ4n) is 1.59. The number of rotatable bonds is 4. The predicted octanol–water partition coefficient (Wildman–Crippen LogP) is 3.06. The van der Waals surface area contributed by atoms with Crippen LogP contribution in [0.25, 0.3) is 0 Å². The van der Waals surface area contributed by atoms with Gasteiger partial charge in [-0.25, -0.2) is 0 Å². The van der Waals surface area contributed by atoms with Gasteiger partial charge in [0, 0.05) is 13.6 Å². The molecule has 0 aliphatic rings. The zero-order valence-electron chi connectivity index (χ0n) is 10.2. The monoisotopic (exact) mass is 206 g/mol. The molecule has 0 atom stereocenters. The molecule has 2 N–H and O–H groups in total. The van der Waals surface area contributed by atoms with E-state index in [1.807, 2.05) is 6.07 Å². The van der Waals surface area contributed by atoms with E-state index in [-0.39, 0.29) is 0 Å². The highest BCUT2D eigenvalue weighted by atomic mass is 15.1. The summed E-state index contributed by atoms with van der Waals surface area (Å²) in [7, 11) is 2.10. The van der Waals surface area contributed by atoms with Crippen molar-refractivity contribution in [2.75, 3.05) is 24.2 Å². The minimum absolute atomic E-state index is 0.735. The maximum atomic E-state index is 5.99. The second-order valence-corrected chi connectivity index (χ2v) is 4.67. The first-order chi connectivity index (χ1) is 7.00. The molecule has 2 nitrogen and oxygen atoms in total. The molecule has 0 spiro atoms. The van der Waals surface area contributed by atoms with Crippen LogP contribution >= 0.6 is 0 Å². The summed E-state index contributed by atoms with van der Waals surface area (Å²) in [5, 5.41) is 0. The number of aryl methyl sites for hydroxylation is 1. The van der Waals surface area contributed by atoms with Gasteiger partial charge in [-0.15, -0.1) is 0 Å². The molecule has 1 aromatic rings. The Hall–Kier alpha value is -1.18. The SMILES string of the molecule is Cc1ccc(N(C)CCC(C)C)c(N)c1. The smallest absolute Gasteiger partial charge is 0.0597 e. The summed E-state index contributed by atoms with van der Waals surface area (Å²) in [6.45, 7) is 7.61. The number of nitrogen functional groups attached to an aromatic ring is 1. The number of nitrogens with zero attached hydrogens (tertiary/aromatic N) is 1. The minimum atomic E-state index is 0.735. The molecule has 0 heterocycles. The van der Waals surface area contributed by atoms with E-state index < -0.39 is 0 Å². The molecule has 0 fully saturated rings. The second kappa shape index (κ2) is 5.06. The lowest BCUT2D eigenvalue weighted by molar-refractivity contribution is 0.585. The van der Waals surface area contributed by atoms with E-state index in [1.54, 1.807) is 0 Å². The maximum absolute atomic E-state index is 5.99. The summed E-state index contributed by atoms with van der Waals surface area (Å²) in [6, 6.07) is 6.24. The fraction of sp³-hybridized carbons (Fsp3) is 0.538. The van der Waals surface area contributed by atoms with Crippen LogP contribution in [0.2, 0.25) is 0 Å². The van der Waals surface area contributed by atoms with Crippen LogP contribution in [0.1, 0.15) is 25.8 Å². The quantitative estimate of drug-likeness (QED) is 0.767. The molecule has 0 aliphatic carbocycles. The molecule has 2 heteroatoms. The zero-order valence-corrected chi connectivity index (χ0v) is 10.2. The Morgan fingerprint density at radius 2 is 2.00 bits per heavy atom. The summed E-state index contributed by atoms with van der Waals surface area (Å²) >= 11 is 0. The van der Waals surface area contributed by atoms with Gasteiger partial charge in [0.05, 0.1) is 11.4 Å². The van der Waals surface area contributed by atoms with Crippen molar-refractivity contribution >= 4 is 11.4 Å². The molecule has 0 unspecified atom stereocenters. The maximum Gasteiger partial charge on any atom is 0.0597 e. The molecular formula is C13H22N2. The highest BCUT2D eigenvalue weighted by molar-refractivity contribution is 5.68. The average molecular weight is 206 g/mol. The van der Waals surface area contributed by atoms with Crippen molar-refractivity contribution < 1.29 is 0 Å². The van der Waals surface area contributed by atoms with E-state index in [0.717, 1.165) is 23.8 Å². The summed E-state index contributed by atoms with van der Waals surface area (Å²) in [5.74, 6) is 0.735. The molecule has 0 aliphatic heterocycles. The van der Waals surface area contributed by atoms with Crippen LogP contribution in [0.5, 0.6) is 0 Å². The van der Waals surface area contributed by atoms with E-state index in [0.29, 0.717) is 0 Å². The lowest BCUT2D eigenvalue weighted by atomic mass is 10.1. The van der Waals surface area contributed by atoms with Crippen LogP contribution in [0.4, 0.5) is 11.4 Å². The van der Waals surface area contributed by atoms with Gasteiger partial charge in [0.25, 0.3) is 0 Å². The van der Waals surface area contributed by atoms with E-state index in [9.17, 15) is 0 Å². The van der Waals surface area contributed by atoms with Crippen molar-refractivity contribution in [2.24, 2.45) is 5.92 Å². The van der Waals surface area contributed by atoms with Gasteiger partial charge in [0.2, 0.25) is 0 Å². The van der Waals surface area contributed by atoms with Crippen LogP contribution < -0.4 is 10.6 Å². The first-order valence-electron chi connectivity index (χ1n) is 5.58. The third-order valence-electron chi connectivity index (χ3n) is 2.64. The van der Waals surface area contributed by atoms with Gasteiger partial charge in [-0.1, -0.05) is 19.9 Å². The van der Waals surface area contributed by atoms with Gasteiger partial charge < -0.3 is 10.6 Å². The summed E-state index contributed by atoms with van der Waals surface area (Å²) in [5.41, 5.74) is 9.22. The standard InChI is InChI=1S/C13H22N2/c1-10(2)7-8-15(4)13-6-5-11(3)9-12(13)14/h5-6,9-10H,7-8,14H2,1-4H3. The third kappa shape index (κ3) is 3.46. The first-order valence-corrected chi connectivity index (χ1v) is 5.58. The average Bonchev–Trinajstić information content (AvgIpc) is 2.14. The van der Waals surface area contributed by atoms with Crippen LogP contribution in [0.15, 0.2) is 18.2 Å². The minimum Gasteiger partial charge on any atom is -0.397 e. The normalized spacial score (nSPS) is 10.7. The fourth-order valence-corrected chi connectivity index (χ4v) is 1.59. The van der Waals surface area contributed by atoms with Crippen LogP contribution in [0.3, 0.4) is 0 Å². The largest absolute Gasteiger partial charge is 0.397 e. The van der Waals surface area contributed by atoms with E-state index in [4.69, 9.17) is 5.73 Å². The van der Waals surface area contributed by atoms with Crippen molar-refractivity contribution in [3.8, 4) is 0 Å². The van der Waals surface area contributed by atoms with Gasteiger partial charge in [0.15, 0.2) is 0 Å². The number of benzene rings is 1. The number of hydrogen-bond acceptors (Lipinski definition) is 2. The van der Waals surface area contributed by atoms with Crippen LogP contribution in [-0.4, -0.2) is 13.6 Å². The summed E-state index contributed by atoms with van der Waals surface area (Å²) in [6.07, 6.45) is 1.20. The number of hydrogen-bond donors (Lipinski definition) is 1. The predicted molar refractivity (Wildman–Crippen MR) is 68.3 cm³/mol. The lowest BCUT2D eigenvalue weighted by Crippen LogP contribution is -2.20. The van der Waals surface area contributed by atoms with E-state index in [1.165, 1.54) is 12.0 Å². The van der Waals surface area contributed by atoms with Crippen molar-refractivity contribution in [1.82, 2.24) is 0 Å². The molecule has 0 saturated heterocycles. The molecule has 0 aromatic heterocycles. The second-order valence-electron chi connectivity index (χ2n) is 4.67. The van der Waals surface area contributed by atoms with E-state index in [2.05, 4.69) is 44.9 Å². The molecule has 0 radical (unpaired) electrons. The van der Waals surface area contributed by atoms with E-state index >= 15 is 0 Å². The first kappa shape index (κ1) is 11.9. The highest BCUT2D eigenvalue weighted by Crippen LogP contribution is 2.23. The summed E-state index contributed by atoms with van der Waals surface area (Å²) < 4.78 is 0. The Bertz CT molecular complexity index is 318. The van der Waals surface area contributed by atoms with Gasteiger partial charge in [-0.05, 0) is 37.0 Å². The Morgan fingerprint density at radius 1 is 1.33 bits per heavy atom. The third-order valence-corrected chi connectivity index (χ3v) is 2.64. The summed E-state index contributed by atoms with van der Waals surface area (Å²) in [4.78, 5) is 2.23. The number of anilines is 2. The topological polar surface area (TPSA) is 29.3 Å². The zero-order chi connectivity index (χ0) is 11.4. The molecular weight excluding hydrogens is 184 g/mol. The molecule has 1 aromatic carbocycles. The van der Waals surface area contributed by atoms with Crippen molar-refractivity contribution in [3.05, 3.63) is 23.8 Å². The van der Waals surface area contributed by atoms with Gasteiger partial charge in [0.1, 0.15) is 0 Å². The number of nitrogens with two attached hydrogens (primary N) is 1. The Kier molecular flexibility index (Phi) is 4.01. The molecule has 0 bridgehead atoms. The lowest BCUT2D eigenvalue weighted by Gasteiger charge is -2.22. The molecule has 0 saturated carbocycles. The van der Waals surface area contributed by atoms with Gasteiger partial charge >= 0.3 is 0 Å². The molecule has 0 amide bonds. The van der Waals surface area contributed by atoms with Crippen molar-refractivity contribution in [3.63, 3.8) is 0 Å². The Balaban J connectivity index is 2.69. The van der Waals surface area contributed by atoms with Crippen LogP contribution in [-0.2, 0) is 0 Å². The van der Waals surface area contributed by atoms with Gasteiger partial charge in [-0.3, -0.25) is 0 Å². The Morgan fingerprint density at radius 3 is 2.53 bits per heavy atom. The van der Waals surface area contributed by atoms with Crippen molar-refractivity contribution in [1.29, 1.82) is 0 Å². The molecule has 84 valence electrons. The van der Waals surface area contributed by atoms with Crippen LogP contribution in [0, 0.1) is 12.8 Å². The highest BCUT2D eigenvalue weighted by Gasteiger charge is 2.05. The Labute approximate surface area is 93.1 Å². The molecule has 15 heavy (non-hydrogen) atoms.